The Morgan fingerprint density at radius 2 is 2.22 bits per heavy atom. The molecule has 0 radical (unpaired) electrons. The molecule has 1 rings (SSSR count). The van der Waals surface area contributed by atoms with Crippen molar-refractivity contribution in [1.29, 1.82) is 0 Å². The Balaban J connectivity index is 2.48. The molecule has 0 bridgehead atoms. The van der Waals surface area contributed by atoms with Gasteiger partial charge >= 0.3 is 0 Å². The number of amides is 1. The Morgan fingerprint density at radius 1 is 1.50 bits per heavy atom. The van der Waals surface area contributed by atoms with Gasteiger partial charge in [-0.2, -0.15) is 0 Å². The second-order valence-corrected chi connectivity index (χ2v) is 3.86. The minimum atomic E-state index is -1.14. The molecule has 0 heterocycles. The lowest BCUT2D eigenvalue weighted by molar-refractivity contribution is 0.0945. The number of carbonyl (C=O) groups is 1. The standard InChI is InChI=1S/C12H16F2N2O2/c1-18-7-8(15)5-6-16-12(17)9-3-2-4-10(13)11(9)14/h2-4,8H,5-7,15H2,1H3,(H,16,17). The third-order valence-corrected chi connectivity index (χ3v) is 2.38. The normalized spacial score (nSPS) is 12.2. The molecule has 0 fully saturated rings. The molecule has 4 nitrogen and oxygen atoms in total. The summed E-state index contributed by atoms with van der Waals surface area (Å²) in [5.74, 6) is -2.84. The van der Waals surface area contributed by atoms with Gasteiger partial charge in [0, 0.05) is 19.7 Å². The smallest absolute Gasteiger partial charge is 0.254 e. The number of ether oxygens (including phenoxy) is 1. The molecule has 18 heavy (non-hydrogen) atoms. The van der Waals surface area contributed by atoms with Crippen LogP contribution in [0.4, 0.5) is 8.78 Å². The summed E-state index contributed by atoms with van der Waals surface area (Å²) < 4.78 is 31.0. The Labute approximate surface area is 104 Å². The molecule has 0 aliphatic heterocycles. The van der Waals surface area contributed by atoms with E-state index in [1.807, 2.05) is 0 Å². The number of benzene rings is 1. The first-order valence-corrected chi connectivity index (χ1v) is 5.53. The SMILES string of the molecule is COCC(N)CCNC(=O)c1cccc(F)c1F. The number of nitrogens with two attached hydrogens (primary N) is 1. The first kappa shape index (κ1) is 14.5. The lowest BCUT2D eigenvalue weighted by Crippen LogP contribution is -2.33. The summed E-state index contributed by atoms with van der Waals surface area (Å²) in [6, 6.07) is 3.26. The average molecular weight is 258 g/mol. The monoisotopic (exact) mass is 258 g/mol. The average Bonchev–Trinajstić information content (AvgIpc) is 2.33. The molecule has 6 heteroatoms. The molecule has 1 amide bonds. The molecule has 0 spiro atoms. The molecule has 0 aliphatic carbocycles. The predicted octanol–water partition coefficient (Wildman–Crippen LogP) is 1.06. The Hall–Kier alpha value is -1.53. The highest BCUT2D eigenvalue weighted by atomic mass is 19.2. The maximum atomic E-state index is 13.3. The van der Waals surface area contributed by atoms with Gasteiger partial charge in [0.05, 0.1) is 12.2 Å². The zero-order valence-electron chi connectivity index (χ0n) is 10.1. The Bertz CT molecular complexity index is 413. The van der Waals surface area contributed by atoms with Crippen LogP contribution in [-0.2, 0) is 4.74 Å². The number of methoxy groups -OCH3 is 1. The zero-order valence-corrected chi connectivity index (χ0v) is 10.1. The molecular formula is C12H16F2N2O2. The van der Waals surface area contributed by atoms with Gasteiger partial charge in [0.25, 0.3) is 5.91 Å². The summed E-state index contributed by atoms with van der Waals surface area (Å²) in [6.07, 6.45) is 0.497. The van der Waals surface area contributed by atoms with E-state index < -0.39 is 17.5 Å². The van der Waals surface area contributed by atoms with Gasteiger partial charge in [-0.3, -0.25) is 4.79 Å². The number of hydrogen-bond acceptors (Lipinski definition) is 3. The van der Waals surface area contributed by atoms with Crippen LogP contribution in [0.15, 0.2) is 18.2 Å². The maximum absolute atomic E-state index is 13.3. The van der Waals surface area contributed by atoms with Crippen LogP contribution in [0.1, 0.15) is 16.8 Å². The zero-order chi connectivity index (χ0) is 13.5. The molecule has 1 aromatic rings. The molecule has 1 aromatic carbocycles. The first-order chi connectivity index (χ1) is 8.56. The quantitative estimate of drug-likeness (QED) is 0.802. The molecule has 0 saturated heterocycles. The minimum Gasteiger partial charge on any atom is -0.383 e. The largest absolute Gasteiger partial charge is 0.383 e. The van der Waals surface area contributed by atoms with Crippen molar-refractivity contribution in [3.63, 3.8) is 0 Å². The van der Waals surface area contributed by atoms with E-state index >= 15 is 0 Å². The van der Waals surface area contributed by atoms with Crippen LogP contribution in [0, 0.1) is 11.6 Å². The molecule has 3 N–H and O–H groups in total. The van der Waals surface area contributed by atoms with Crippen molar-refractivity contribution >= 4 is 5.91 Å². The van der Waals surface area contributed by atoms with Crippen LogP contribution in [0.3, 0.4) is 0 Å². The lowest BCUT2D eigenvalue weighted by Gasteiger charge is -2.11. The topological polar surface area (TPSA) is 64.3 Å². The van der Waals surface area contributed by atoms with E-state index in [1.165, 1.54) is 19.2 Å². The van der Waals surface area contributed by atoms with Crippen molar-refractivity contribution < 1.29 is 18.3 Å². The van der Waals surface area contributed by atoms with E-state index in [9.17, 15) is 13.6 Å². The fraction of sp³-hybridized carbons (Fsp3) is 0.417. The molecule has 0 aromatic heterocycles. The molecule has 0 saturated carbocycles. The number of carbonyl (C=O) groups excluding carboxylic acids is 1. The van der Waals surface area contributed by atoms with Crippen molar-refractivity contribution in [2.45, 2.75) is 12.5 Å². The van der Waals surface area contributed by atoms with Gasteiger partial charge in [-0.1, -0.05) is 6.07 Å². The van der Waals surface area contributed by atoms with Crippen molar-refractivity contribution in [3.05, 3.63) is 35.4 Å². The van der Waals surface area contributed by atoms with Gasteiger partial charge in [0.1, 0.15) is 0 Å². The van der Waals surface area contributed by atoms with E-state index in [1.54, 1.807) is 0 Å². The summed E-state index contributed by atoms with van der Waals surface area (Å²) in [4.78, 5) is 11.6. The molecular weight excluding hydrogens is 242 g/mol. The van der Waals surface area contributed by atoms with E-state index in [2.05, 4.69) is 5.32 Å². The number of halogens is 2. The fourth-order valence-corrected chi connectivity index (χ4v) is 1.44. The summed E-state index contributed by atoms with van der Waals surface area (Å²) in [7, 11) is 1.53. The van der Waals surface area contributed by atoms with Crippen LogP contribution in [-0.4, -0.2) is 32.2 Å². The van der Waals surface area contributed by atoms with Crippen molar-refractivity contribution in [2.24, 2.45) is 5.73 Å². The first-order valence-electron chi connectivity index (χ1n) is 5.53. The van der Waals surface area contributed by atoms with Gasteiger partial charge in [0.2, 0.25) is 0 Å². The van der Waals surface area contributed by atoms with Crippen molar-refractivity contribution in [1.82, 2.24) is 5.32 Å². The molecule has 1 atom stereocenters. The summed E-state index contributed by atoms with van der Waals surface area (Å²) in [5, 5.41) is 2.48. The van der Waals surface area contributed by atoms with Crippen LogP contribution in [0.5, 0.6) is 0 Å². The van der Waals surface area contributed by atoms with Gasteiger partial charge in [0.15, 0.2) is 11.6 Å². The summed E-state index contributed by atoms with van der Waals surface area (Å²) in [6.45, 7) is 0.656. The highest BCUT2D eigenvalue weighted by molar-refractivity contribution is 5.94. The second kappa shape index (κ2) is 7.03. The predicted molar refractivity (Wildman–Crippen MR) is 63.2 cm³/mol. The van der Waals surface area contributed by atoms with Crippen molar-refractivity contribution in [3.8, 4) is 0 Å². The highest BCUT2D eigenvalue weighted by Gasteiger charge is 2.14. The summed E-state index contributed by atoms with van der Waals surface area (Å²) in [5.41, 5.74) is 5.34. The van der Waals surface area contributed by atoms with Crippen LogP contribution in [0.2, 0.25) is 0 Å². The van der Waals surface area contributed by atoms with Gasteiger partial charge in [-0.05, 0) is 18.6 Å². The van der Waals surface area contributed by atoms with Crippen molar-refractivity contribution in [2.75, 3.05) is 20.3 Å². The van der Waals surface area contributed by atoms with E-state index in [4.69, 9.17) is 10.5 Å². The Morgan fingerprint density at radius 3 is 2.89 bits per heavy atom. The Kier molecular flexibility index (Phi) is 5.67. The second-order valence-electron chi connectivity index (χ2n) is 3.86. The maximum Gasteiger partial charge on any atom is 0.254 e. The number of nitrogens with one attached hydrogen (secondary N) is 1. The lowest BCUT2D eigenvalue weighted by atomic mass is 10.2. The highest BCUT2D eigenvalue weighted by Crippen LogP contribution is 2.10. The third-order valence-electron chi connectivity index (χ3n) is 2.38. The minimum absolute atomic E-state index is 0.201. The third kappa shape index (κ3) is 4.05. The number of hydrogen-bond donors (Lipinski definition) is 2. The molecule has 0 aliphatic rings. The number of rotatable bonds is 6. The summed E-state index contributed by atoms with van der Waals surface area (Å²) >= 11 is 0. The molecule has 1 unspecified atom stereocenters. The van der Waals surface area contributed by atoms with Gasteiger partial charge in [-0.25, -0.2) is 8.78 Å². The molecule has 100 valence electrons. The van der Waals surface area contributed by atoms with E-state index in [-0.39, 0.29) is 18.2 Å². The van der Waals surface area contributed by atoms with Gasteiger partial charge < -0.3 is 15.8 Å². The van der Waals surface area contributed by atoms with Crippen LogP contribution in [0.25, 0.3) is 0 Å². The van der Waals surface area contributed by atoms with Gasteiger partial charge in [-0.15, -0.1) is 0 Å². The van der Waals surface area contributed by atoms with Crippen LogP contribution >= 0.6 is 0 Å². The van der Waals surface area contributed by atoms with E-state index in [0.717, 1.165) is 6.07 Å². The van der Waals surface area contributed by atoms with Crippen LogP contribution < -0.4 is 11.1 Å². The van der Waals surface area contributed by atoms with E-state index in [0.29, 0.717) is 13.0 Å². The fourth-order valence-electron chi connectivity index (χ4n) is 1.44.